The third kappa shape index (κ3) is 6.58. The van der Waals surface area contributed by atoms with Crippen LogP contribution in [0.2, 0.25) is 16.6 Å². The minimum absolute atomic E-state index is 0.00379. The summed E-state index contributed by atoms with van der Waals surface area (Å²) in [5.74, 6) is 4.42. The van der Waals surface area contributed by atoms with Gasteiger partial charge < -0.3 is 14.8 Å². The molecule has 1 saturated heterocycles. The smallest absolute Gasteiger partial charge is 0.219 e. The van der Waals surface area contributed by atoms with Crippen LogP contribution in [0.1, 0.15) is 93.5 Å². The molecule has 8 heteroatoms. The Kier molecular flexibility index (Phi) is 10.0. The van der Waals surface area contributed by atoms with Crippen molar-refractivity contribution in [2.24, 2.45) is 7.05 Å². The zero-order chi connectivity index (χ0) is 29.9. The number of nitrogens with one attached hydrogen (secondary N) is 1. The van der Waals surface area contributed by atoms with Gasteiger partial charge in [-0.3, -0.25) is 0 Å². The molecule has 1 aliphatic heterocycles. The molecule has 3 heterocycles. The van der Waals surface area contributed by atoms with E-state index in [1.165, 1.54) is 0 Å². The van der Waals surface area contributed by atoms with E-state index in [1.807, 2.05) is 17.9 Å². The van der Waals surface area contributed by atoms with Gasteiger partial charge in [-0.1, -0.05) is 67.4 Å². The molecular formula is C33H51N5O2Si. The second kappa shape index (κ2) is 13.1. The van der Waals surface area contributed by atoms with Crippen molar-refractivity contribution >= 4 is 19.0 Å². The van der Waals surface area contributed by atoms with Crippen LogP contribution in [0.15, 0.2) is 24.4 Å². The topological polar surface area (TPSA) is 66.1 Å². The molecule has 0 amide bonds. The highest BCUT2D eigenvalue weighted by molar-refractivity contribution is 6.90. The summed E-state index contributed by atoms with van der Waals surface area (Å²) in [4.78, 5) is 0. The van der Waals surface area contributed by atoms with Gasteiger partial charge in [-0.15, -0.1) is 5.54 Å². The van der Waals surface area contributed by atoms with E-state index in [4.69, 9.17) is 14.6 Å². The average Bonchev–Trinajstić information content (AvgIpc) is 3.47. The molecule has 0 saturated carbocycles. The molecule has 7 nitrogen and oxygen atoms in total. The Labute approximate surface area is 248 Å². The lowest BCUT2D eigenvalue weighted by Gasteiger charge is -2.38. The second-order valence-electron chi connectivity index (χ2n) is 13.0. The normalized spacial score (nSPS) is 17.1. The Balaban J connectivity index is 1.82. The molecule has 1 fully saturated rings. The maximum Gasteiger partial charge on any atom is 0.219 e. The van der Waals surface area contributed by atoms with Gasteiger partial charge in [-0.05, 0) is 60.5 Å². The fourth-order valence-corrected chi connectivity index (χ4v) is 11.7. The molecule has 41 heavy (non-hydrogen) atoms. The number of benzene rings is 1. The highest BCUT2D eigenvalue weighted by Crippen LogP contribution is 2.41. The molecule has 0 bridgehead atoms. The van der Waals surface area contributed by atoms with Crippen molar-refractivity contribution in [2.45, 2.75) is 117 Å². The molecule has 1 aromatic carbocycles. The van der Waals surface area contributed by atoms with Gasteiger partial charge in [-0.25, -0.2) is 9.36 Å². The Morgan fingerprint density at radius 3 is 2.37 bits per heavy atom. The minimum Gasteiger partial charge on any atom is -0.473 e. The van der Waals surface area contributed by atoms with E-state index in [1.54, 1.807) is 0 Å². The molecule has 0 aliphatic carbocycles. The predicted molar refractivity (Wildman–Crippen MR) is 172 cm³/mol. The third-order valence-electron chi connectivity index (χ3n) is 8.72. The Morgan fingerprint density at radius 1 is 1.05 bits per heavy atom. The van der Waals surface area contributed by atoms with Crippen molar-refractivity contribution in [2.75, 3.05) is 13.2 Å². The lowest BCUT2D eigenvalue weighted by Crippen LogP contribution is -2.43. The summed E-state index contributed by atoms with van der Waals surface area (Å²) < 4.78 is 16.5. The zero-order valence-corrected chi connectivity index (χ0v) is 27.9. The van der Waals surface area contributed by atoms with Gasteiger partial charge in [0.05, 0.1) is 17.3 Å². The van der Waals surface area contributed by atoms with Crippen LogP contribution in [0.5, 0.6) is 5.88 Å². The van der Waals surface area contributed by atoms with Crippen LogP contribution in [-0.2, 0) is 11.8 Å². The van der Waals surface area contributed by atoms with E-state index >= 15 is 0 Å². The number of fused-ring (bicyclic) bond motifs is 1. The van der Waals surface area contributed by atoms with E-state index in [9.17, 15) is 0 Å². The fraction of sp³-hybridized carbons (Fsp3) is 0.636. The van der Waals surface area contributed by atoms with Gasteiger partial charge in [0.2, 0.25) is 5.88 Å². The number of aryl methyl sites for hydroxylation is 1. The van der Waals surface area contributed by atoms with Crippen molar-refractivity contribution < 1.29 is 9.47 Å². The molecular weight excluding hydrogens is 526 g/mol. The van der Waals surface area contributed by atoms with Gasteiger partial charge in [-0.2, -0.15) is 10.2 Å². The fourth-order valence-electron chi connectivity index (χ4n) is 6.54. The van der Waals surface area contributed by atoms with Crippen LogP contribution in [0, 0.1) is 11.5 Å². The number of ether oxygens (including phenoxy) is 2. The first kappa shape index (κ1) is 31.3. The third-order valence-corrected chi connectivity index (χ3v) is 15.0. The van der Waals surface area contributed by atoms with Gasteiger partial charge in [0, 0.05) is 31.6 Å². The summed E-state index contributed by atoms with van der Waals surface area (Å²) in [5.41, 5.74) is 9.52. The quantitative estimate of drug-likeness (QED) is 0.200. The first-order valence-electron chi connectivity index (χ1n) is 15.5. The molecule has 1 aliphatic rings. The number of hydrogen-bond donors (Lipinski definition) is 1. The maximum atomic E-state index is 6.41. The molecule has 0 spiro atoms. The lowest BCUT2D eigenvalue weighted by atomic mass is 10.1. The van der Waals surface area contributed by atoms with E-state index in [0.29, 0.717) is 22.7 Å². The Hall–Kier alpha value is -2.60. The van der Waals surface area contributed by atoms with Crippen molar-refractivity contribution in [3.05, 3.63) is 30.1 Å². The van der Waals surface area contributed by atoms with Crippen LogP contribution in [-0.4, -0.2) is 52.9 Å². The summed E-state index contributed by atoms with van der Waals surface area (Å²) >= 11 is 0. The molecule has 3 aromatic rings. The number of rotatable bonds is 10. The monoisotopic (exact) mass is 577 g/mol. The van der Waals surface area contributed by atoms with E-state index < -0.39 is 8.07 Å². The highest BCUT2D eigenvalue weighted by Gasteiger charge is 2.41. The molecule has 224 valence electrons. The zero-order valence-electron chi connectivity index (χ0n) is 26.9. The van der Waals surface area contributed by atoms with Crippen LogP contribution < -0.4 is 10.1 Å². The standard InChI is InChI=1S/C33H51N5O2Si/c1-22(2)34-20-26(9)40-33-29(21-35-37(33)10)27-14-15-31-28(19-27)30(36-38(31)32-13-11-12-17-39-32)16-18-41(23(3)4,24(5)6)25(7)8/h14-15,19,21-26,32,34H,11-13,17,20H2,1-10H3/t26-,32?/m0/s1. The van der Waals surface area contributed by atoms with Crippen molar-refractivity contribution in [1.82, 2.24) is 24.9 Å². The second-order valence-corrected chi connectivity index (χ2v) is 18.6. The summed E-state index contributed by atoms with van der Waals surface area (Å²) in [5, 5.41) is 14.2. The predicted octanol–water partition coefficient (Wildman–Crippen LogP) is 7.47. The van der Waals surface area contributed by atoms with Crippen molar-refractivity contribution in [3.8, 4) is 28.5 Å². The number of nitrogens with zero attached hydrogens (tertiary/aromatic N) is 4. The van der Waals surface area contributed by atoms with Gasteiger partial charge in [0.25, 0.3) is 0 Å². The van der Waals surface area contributed by atoms with Gasteiger partial charge in [0.15, 0.2) is 6.23 Å². The van der Waals surface area contributed by atoms with Gasteiger partial charge in [0.1, 0.15) is 19.9 Å². The Bertz CT molecular complexity index is 1350. The van der Waals surface area contributed by atoms with E-state index in [0.717, 1.165) is 66.0 Å². The summed E-state index contributed by atoms with van der Waals surface area (Å²) in [6, 6.07) is 6.94. The highest BCUT2D eigenvalue weighted by atomic mass is 28.3. The maximum absolute atomic E-state index is 6.41. The largest absolute Gasteiger partial charge is 0.473 e. The molecule has 1 unspecified atom stereocenters. The first-order valence-corrected chi connectivity index (χ1v) is 17.8. The Morgan fingerprint density at radius 2 is 1.76 bits per heavy atom. The van der Waals surface area contributed by atoms with Crippen LogP contribution >= 0.6 is 0 Å². The minimum atomic E-state index is -1.93. The molecule has 1 N–H and O–H groups in total. The number of aromatic nitrogens is 4. The summed E-state index contributed by atoms with van der Waals surface area (Å²) in [6.07, 6.45) is 5.07. The molecule has 2 aromatic heterocycles. The lowest BCUT2D eigenvalue weighted by molar-refractivity contribution is -0.0367. The van der Waals surface area contributed by atoms with Crippen molar-refractivity contribution in [1.29, 1.82) is 0 Å². The molecule has 2 atom stereocenters. The molecule has 0 radical (unpaired) electrons. The summed E-state index contributed by atoms with van der Waals surface area (Å²) in [7, 11) is 0.00724. The van der Waals surface area contributed by atoms with Crippen LogP contribution in [0.3, 0.4) is 0 Å². The van der Waals surface area contributed by atoms with E-state index in [2.05, 4.69) is 107 Å². The van der Waals surface area contributed by atoms with Crippen molar-refractivity contribution in [3.63, 3.8) is 0 Å². The van der Waals surface area contributed by atoms with E-state index in [-0.39, 0.29) is 12.3 Å². The number of hydrogen-bond acceptors (Lipinski definition) is 5. The van der Waals surface area contributed by atoms with Crippen LogP contribution in [0.4, 0.5) is 0 Å². The first-order chi connectivity index (χ1) is 19.5. The van der Waals surface area contributed by atoms with Crippen LogP contribution in [0.25, 0.3) is 22.0 Å². The average molecular weight is 578 g/mol. The SMILES string of the molecule is CC(C)NC[C@H](C)Oc1c(-c2ccc3c(c2)c(C#C[Si](C(C)C)(C(C)C)C(C)C)nn3C2CCCCO2)cnn1C. The summed E-state index contributed by atoms with van der Waals surface area (Å²) in [6.45, 7) is 22.0. The molecule has 4 rings (SSSR count). The van der Waals surface area contributed by atoms with Gasteiger partial charge >= 0.3 is 0 Å².